The van der Waals surface area contributed by atoms with E-state index in [1.807, 2.05) is 37.3 Å². The first-order valence-corrected chi connectivity index (χ1v) is 7.31. The predicted octanol–water partition coefficient (Wildman–Crippen LogP) is 4.67. The van der Waals surface area contributed by atoms with E-state index in [0.29, 0.717) is 23.9 Å². The molecular weight excluding hydrogens is 286 g/mol. The largest absolute Gasteiger partial charge is 0.496 e. The molecule has 0 aliphatic carbocycles. The van der Waals surface area contributed by atoms with Crippen LogP contribution in [0.3, 0.4) is 0 Å². The first-order valence-electron chi connectivity index (χ1n) is 6.93. The number of halogens is 1. The van der Waals surface area contributed by atoms with E-state index in [0.717, 1.165) is 17.0 Å². The Morgan fingerprint density at radius 3 is 2.52 bits per heavy atom. The molecule has 0 atom stereocenters. The van der Waals surface area contributed by atoms with Crippen LogP contribution in [-0.4, -0.2) is 13.7 Å². The van der Waals surface area contributed by atoms with Crippen LogP contribution in [0.2, 0.25) is 5.02 Å². The minimum Gasteiger partial charge on any atom is -0.496 e. The van der Waals surface area contributed by atoms with Gasteiger partial charge in [0, 0.05) is 17.8 Å². The average Bonchev–Trinajstić information content (AvgIpc) is 2.48. The van der Waals surface area contributed by atoms with Gasteiger partial charge < -0.3 is 14.8 Å². The number of hydrogen-bond donors (Lipinski definition) is 1. The van der Waals surface area contributed by atoms with Gasteiger partial charge in [-0.25, -0.2) is 0 Å². The van der Waals surface area contributed by atoms with E-state index in [9.17, 15) is 0 Å². The minimum atomic E-state index is 0.604. The van der Waals surface area contributed by atoms with Crippen molar-refractivity contribution in [1.29, 1.82) is 0 Å². The molecule has 3 nitrogen and oxygen atoms in total. The first kappa shape index (κ1) is 15.5. The lowest BCUT2D eigenvalue weighted by Gasteiger charge is -2.13. The maximum Gasteiger partial charge on any atom is 0.138 e. The van der Waals surface area contributed by atoms with E-state index < -0.39 is 0 Å². The number of aryl methyl sites for hydroxylation is 1. The summed E-state index contributed by atoms with van der Waals surface area (Å²) in [5, 5.41) is 3.96. The summed E-state index contributed by atoms with van der Waals surface area (Å²) in [6, 6.07) is 11.8. The molecule has 0 spiro atoms. The topological polar surface area (TPSA) is 30.5 Å². The number of anilines is 1. The number of rotatable bonds is 6. The molecule has 0 radical (unpaired) electrons. The van der Waals surface area contributed by atoms with Crippen LogP contribution in [0.25, 0.3) is 0 Å². The summed E-state index contributed by atoms with van der Waals surface area (Å²) < 4.78 is 10.8. The summed E-state index contributed by atoms with van der Waals surface area (Å²) in [6.45, 7) is 5.28. The molecule has 1 N–H and O–H groups in total. The highest BCUT2D eigenvalue weighted by Crippen LogP contribution is 2.28. The van der Waals surface area contributed by atoms with Gasteiger partial charge in [0.1, 0.15) is 11.5 Å². The van der Waals surface area contributed by atoms with Crippen molar-refractivity contribution in [2.24, 2.45) is 0 Å². The molecule has 0 aliphatic heterocycles. The van der Waals surface area contributed by atoms with Crippen molar-refractivity contribution in [1.82, 2.24) is 0 Å². The zero-order valence-corrected chi connectivity index (χ0v) is 13.3. The fourth-order valence-electron chi connectivity index (χ4n) is 2.13. The van der Waals surface area contributed by atoms with Gasteiger partial charge in [0.2, 0.25) is 0 Å². The van der Waals surface area contributed by atoms with E-state index in [4.69, 9.17) is 21.1 Å². The van der Waals surface area contributed by atoms with Crippen LogP contribution < -0.4 is 14.8 Å². The van der Waals surface area contributed by atoms with Gasteiger partial charge in [-0.05, 0) is 38.1 Å². The summed E-state index contributed by atoms with van der Waals surface area (Å²) in [7, 11) is 1.68. The van der Waals surface area contributed by atoms with Crippen molar-refractivity contribution in [2.45, 2.75) is 20.4 Å². The molecule has 0 aliphatic rings. The third kappa shape index (κ3) is 4.05. The SMILES string of the molecule is CCOc1ccc(NCc2cc(C)ccc2OC)cc1Cl. The first-order chi connectivity index (χ1) is 10.1. The van der Waals surface area contributed by atoms with Gasteiger partial charge in [0.05, 0.1) is 18.7 Å². The van der Waals surface area contributed by atoms with Crippen LogP contribution in [0.15, 0.2) is 36.4 Å². The maximum atomic E-state index is 6.18. The third-order valence-electron chi connectivity index (χ3n) is 3.15. The second-order valence-electron chi connectivity index (χ2n) is 4.75. The van der Waals surface area contributed by atoms with Gasteiger partial charge in [0.25, 0.3) is 0 Å². The van der Waals surface area contributed by atoms with Crippen LogP contribution in [0, 0.1) is 6.92 Å². The molecule has 0 amide bonds. The molecule has 4 heteroatoms. The lowest BCUT2D eigenvalue weighted by atomic mass is 10.1. The molecular formula is C17H20ClNO2. The van der Waals surface area contributed by atoms with Crippen LogP contribution >= 0.6 is 11.6 Å². The molecule has 2 rings (SSSR count). The summed E-state index contributed by atoms with van der Waals surface area (Å²) in [5.41, 5.74) is 3.27. The lowest BCUT2D eigenvalue weighted by Crippen LogP contribution is -2.02. The summed E-state index contributed by atoms with van der Waals surface area (Å²) in [4.78, 5) is 0. The third-order valence-corrected chi connectivity index (χ3v) is 3.45. The van der Waals surface area contributed by atoms with Crippen LogP contribution in [0.4, 0.5) is 5.69 Å². The van der Waals surface area contributed by atoms with Crippen molar-refractivity contribution in [3.8, 4) is 11.5 Å². The van der Waals surface area contributed by atoms with E-state index in [-0.39, 0.29) is 0 Å². The Morgan fingerprint density at radius 1 is 1.10 bits per heavy atom. The number of nitrogens with one attached hydrogen (secondary N) is 1. The van der Waals surface area contributed by atoms with E-state index >= 15 is 0 Å². The minimum absolute atomic E-state index is 0.604. The van der Waals surface area contributed by atoms with Crippen LogP contribution in [0.1, 0.15) is 18.1 Å². The molecule has 0 heterocycles. The fraction of sp³-hybridized carbons (Fsp3) is 0.294. The predicted molar refractivity (Wildman–Crippen MR) is 87.7 cm³/mol. The Hall–Kier alpha value is -1.87. The van der Waals surface area contributed by atoms with Crippen LogP contribution in [-0.2, 0) is 6.54 Å². The second kappa shape index (κ2) is 7.23. The Labute approximate surface area is 130 Å². The number of ether oxygens (including phenoxy) is 2. The maximum absolute atomic E-state index is 6.18. The molecule has 0 bridgehead atoms. The zero-order chi connectivity index (χ0) is 15.2. The highest BCUT2D eigenvalue weighted by molar-refractivity contribution is 6.32. The van der Waals surface area contributed by atoms with Gasteiger partial charge in [-0.3, -0.25) is 0 Å². The van der Waals surface area contributed by atoms with Gasteiger partial charge >= 0.3 is 0 Å². The van der Waals surface area contributed by atoms with E-state index in [2.05, 4.69) is 18.3 Å². The van der Waals surface area contributed by atoms with E-state index in [1.54, 1.807) is 7.11 Å². The van der Waals surface area contributed by atoms with Gasteiger partial charge in [-0.1, -0.05) is 29.3 Å². The Morgan fingerprint density at radius 2 is 1.86 bits per heavy atom. The zero-order valence-electron chi connectivity index (χ0n) is 12.6. The molecule has 0 unspecified atom stereocenters. The van der Waals surface area contributed by atoms with Crippen molar-refractivity contribution >= 4 is 17.3 Å². The van der Waals surface area contributed by atoms with Crippen molar-refractivity contribution in [3.05, 3.63) is 52.5 Å². The fourth-order valence-corrected chi connectivity index (χ4v) is 2.36. The quantitative estimate of drug-likeness (QED) is 0.841. The van der Waals surface area contributed by atoms with Crippen LogP contribution in [0.5, 0.6) is 11.5 Å². The molecule has 0 aromatic heterocycles. The normalized spacial score (nSPS) is 10.3. The smallest absolute Gasteiger partial charge is 0.138 e. The van der Waals surface area contributed by atoms with Gasteiger partial charge in [0.15, 0.2) is 0 Å². The summed E-state index contributed by atoms with van der Waals surface area (Å²) in [6.07, 6.45) is 0. The van der Waals surface area contributed by atoms with Crippen molar-refractivity contribution in [3.63, 3.8) is 0 Å². The van der Waals surface area contributed by atoms with Gasteiger partial charge in [-0.2, -0.15) is 0 Å². The molecule has 0 saturated carbocycles. The highest BCUT2D eigenvalue weighted by atomic mass is 35.5. The molecule has 21 heavy (non-hydrogen) atoms. The summed E-state index contributed by atoms with van der Waals surface area (Å²) >= 11 is 6.18. The molecule has 2 aromatic carbocycles. The Kier molecular flexibility index (Phi) is 5.34. The highest BCUT2D eigenvalue weighted by Gasteiger charge is 2.05. The Balaban J connectivity index is 2.09. The standard InChI is InChI=1S/C17H20ClNO2/c1-4-21-17-8-6-14(10-15(17)18)19-11-13-9-12(2)5-7-16(13)20-3/h5-10,19H,4,11H2,1-3H3. The Bertz CT molecular complexity index is 614. The monoisotopic (exact) mass is 305 g/mol. The molecule has 0 saturated heterocycles. The van der Waals surface area contributed by atoms with Crippen molar-refractivity contribution in [2.75, 3.05) is 19.0 Å². The second-order valence-corrected chi connectivity index (χ2v) is 5.15. The number of methoxy groups -OCH3 is 1. The average molecular weight is 306 g/mol. The number of benzene rings is 2. The summed E-state index contributed by atoms with van der Waals surface area (Å²) in [5.74, 6) is 1.59. The van der Waals surface area contributed by atoms with Gasteiger partial charge in [-0.15, -0.1) is 0 Å². The van der Waals surface area contributed by atoms with E-state index in [1.165, 1.54) is 5.56 Å². The molecule has 112 valence electrons. The van der Waals surface area contributed by atoms with Crippen molar-refractivity contribution < 1.29 is 9.47 Å². The lowest BCUT2D eigenvalue weighted by molar-refractivity contribution is 0.340. The number of hydrogen-bond acceptors (Lipinski definition) is 3. The molecule has 0 fully saturated rings. The molecule has 2 aromatic rings.